The van der Waals surface area contributed by atoms with Crippen molar-refractivity contribution in [3.8, 4) is 11.5 Å². The molecule has 0 spiro atoms. The summed E-state index contributed by atoms with van der Waals surface area (Å²) in [5, 5.41) is 7.07. The van der Waals surface area contributed by atoms with Gasteiger partial charge in [0.15, 0.2) is 11.5 Å². The Hall–Kier alpha value is -3.29. The minimum atomic E-state index is -0.200. The lowest BCUT2D eigenvalue weighted by atomic mass is 10.1. The Morgan fingerprint density at radius 2 is 2.06 bits per heavy atom. The fourth-order valence-corrected chi connectivity index (χ4v) is 3.56. The molecule has 0 radical (unpaired) electrons. The van der Waals surface area contributed by atoms with Crippen molar-refractivity contribution in [1.82, 2.24) is 15.3 Å². The van der Waals surface area contributed by atoms with E-state index in [1.807, 2.05) is 25.1 Å². The van der Waals surface area contributed by atoms with E-state index in [1.165, 1.54) is 6.33 Å². The van der Waals surface area contributed by atoms with Crippen molar-refractivity contribution in [1.29, 1.82) is 0 Å². The molecule has 0 bridgehead atoms. The molecule has 1 fully saturated rings. The quantitative estimate of drug-likeness (QED) is 0.538. The van der Waals surface area contributed by atoms with Gasteiger partial charge in [0.2, 0.25) is 5.71 Å². The summed E-state index contributed by atoms with van der Waals surface area (Å²) in [6.07, 6.45) is 4.26. The number of methoxy groups -OCH3 is 1. The van der Waals surface area contributed by atoms with Crippen LogP contribution in [-0.2, 0) is 6.42 Å². The molecule has 0 unspecified atom stereocenters. The van der Waals surface area contributed by atoms with E-state index in [0.717, 1.165) is 18.4 Å². The zero-order valence-electron chi connectivity index (χ0n) is 18.4. The van der Waals surface area contributed by atoms with Crippen molar-refractivity contribution >= 4 is 22.8 Å². The van der Waals surface area contributed by atoms with Gasteiger partial charge in [0.1, 0.15) is 17.9 Å². The number of nitrogens with one attached hydrogen (secondary N) is 2. The van der Waals surface area contributed by atoms with Gasteiger partial charge in [-0.2, -0.15) is 0 Å². The van der Waals surface area contributed by atoms with Crippen LogP contribution >= 0.6 is 0 Å². The first-order valence-corrected chi connectivity index (χ1v) is 10.5. The van der Waals surface area contributed by atoms with Gasteiger partial charge >= 0.3 is 0 Å². The number of benzene rings is 1. The molecular weight excluding hydrogens is 396 g/mol. The van der Waals surface area contributed by atoms with Crippen LogP contribution in [0.4, 0.5) is 5.82 Å². The summed E-state index contributed by atoms with van der Waals surface area (Å²) < 4.78 is 16.7. The number of furan rings is 1. The number of hydrogen-bond donors (Lipinski definition) is 2. The van der Waals surface area contributed by atoms with Crippen LogP contribution in [0.15, 0.2) is 28.9 Å². The Balaban J connectivity index is 1.49. The van der Waals surface area contributed by atoms with Crippen molar-refractivity contribution in [2.75, 3.05) is 25.6 Å². The lowest BCUT2D eigenvalue weighted by molar-refractivity contribution is 0.0954. The molecule has 1 aliphatic carbocycles. The maximum Gasteiger partial charge on any atom is 0.255 e. The van der Waals surface area contributed by atoms with Gasteiger partial charge in [-0.05, 0) is 57.7 Å². The zero-order valence-corrected chi connectivity index (χ0v) is 18.4. The second-order valence-electron chi connectivity index (χ2n) is 8.05. The smallest absolute Gasteiger partial charge is 0.255 e. The number of carbonyl (C=O) groups excluding carboxylic acids is 1. The molecule has 8 nitrogen and oxygen atoms in total. The highest BCUT2D eigenvalue weighted by Crippen LogP contribution is 2.40. The molecule has 1 aliphatic rings. The van der Waals surface area contributed by atoms with Gasteiger partial charge in [-0.25, -0.2) is 9.97 Å². The van der Waals surface area contributed by atoms with Crippen molar-refractivity contribution < 1.29 is 18.7 Å². The fraction of sp³-hybridized carbons (Fsp3) is 0.435. The predicted molar refractivity (Wildman–Crippen MR) is 118 cm³/mol. The standard InChI is InChI=1S/C23H28N4O4/c1-5-30-17-12-15(6-7-16(17)29-4)8-11-24-21(28)18-14(2)31-22-19(18)20(25-13-26-22)27-23(3)9-10-23/h6-7,12-13H,5,8-11H2,1-4H3,(H,24,28)(H,25,26,27). The first-order valence-electron chi connectivity index (χ1n) is 10.5. The molecule has 0 atom stereocenters. The van der Waals surface area contributed by atoms with Crippen LogP contribution in [0.2, 0.25) is 0 Å². The number of carbonyl (C=O) groups is 1. The summed E-state index contributed by atoms with van der Waals surface area (Å²) in [6, 6.07) is 5.79. The van der Waals surface area contributed by atoms with Gasteiger partial charge < -0.3 is 24.5 Å². The molecule has 3 aromatic rings. The monoisotopic (exact) mass is 424 g/mol. The SMILES string of the molecule is CCOc1cc(CCNC(=O)c2c(C)oc3ncnc(NC4(C)CC4)c23)ccc1OC. The van der Waals surface area contributed by atoms with Crippen molar-refractivity contribution in [3.05, 3.63) is 41.4 Å². The summed E-state index contributed by atoms with van der Waals surface area (Å²) in [4.78, 5) is 21.6. The minimum Gasteiger partial charge on any atom is -0.493 e. The highest BCUT2D eigenvalue weighted by Gasteiger charge is 2.38. The average Bonchev–Trinajstić information content (AvgIpc) is 3.36. The number of fused-ring (bicyclic) bond motifs is 1. The summed E-state index contributed by atoms with van der Waals surface area (Å²) in [5.74, 6) is 2.36. The highest BCUT2D eigenvalue weighted by molar-refractivity contribution is 6.10. The molecule has 2 heterocycles. The molecule has 0 saturated heterocycles. The van der Waals surface area contributed by atoms with Crippen LogP contribution in [-0.4, -0.2) is 41.7 Å². The van der Waals surface area contributed by atoms with Gasteiger partial charge in [0.25, 0.3) is 5.91 Å². The Morgan fingerprint density at radius 3 is 2.77 bits per heavy atom. The van der Waals surface area contributed by atoms with Crippen LogP contribution in [0.5, 0.6) is 11.5 Å². The lowest BCUT2D eigenvalue weighted by Gasteiger charge is -2.13. The van der Waals surface area contributed by atoms with Crippen LogP contribution in [0, 0.1) is 6.92 Å². The maximum absolute atomic E-state index is 13.0. The molecule has 8 heteroatoms. The van der Waals surface area contributed by atoms with Crippen molar-refractivity contribution in [2.24, 2.45) is 0 Å². The van der Waals surface area contributed by atoms with E-state index in [9.17, 15) is 4.79 Å². The highest BCUT2D eigenvalue weighted by atomic mass is 16.5. The lowest BCUT2D eigenvalue weighted by Crippen LogP contribution is -2.26. The summed E-state index contributed by atoms with van der Waals surface area (Å²) in [7, 11) is 1.62. The molecule has 2 N–H and O–H groups in total. The van der Waals surface area contributed by atoms with E-state index in [4.69, 9.17) is 13.9 Å². The Morgan fingerprint density at radius 1 is 1.26 bits per heavy atom. The zero-order chi connectivity index (χ0) is 22.0. The normalized spacial score (nSPS) is 14.3. The first-order chi connectivity index (χ1) is 14.9. The van der Waals surface area contributed by atoms with Crippen molar-refractivity contribution in [3.63, 3.8) is 0 Å². The van der Waals surface area contributed by atoms with Crippen LogP contribution in [0.3, 0.4) is 0 Å². The molecule has 1 saturated carbocycles. The molecule has 2 aromatic heterocycles. The summed E-state index contributed by atoms with van der Waals surface area (Å²) >= 11 is 0. The predicted octanol–water partition coefficient (Wildman–Crippen LogP) is 3.88. The summed E-state index contributed by atoms with van der Waals surface area (Å²) in [6.45, 7) is 6.87. The van der Waals surface area contributed by atoms with Gasteiger partial charge in [0, 0.05) is 12.1 Å². The molecule has 31 heavy (non-hydrogen) atoms. The van der Waals surface area contributed by atoms with E-state index in [1.54, 1.807) is 14.0 Å². The third-order valence-electron chi connectivity index (χ3n) is 5.54. The minimum absolute atomic E-state index is 0.0207. The van der Waals surface area contributed by atoms with Gasteiger partial charge in [0.05, 0.1) is 24.7 Å². The Labute approximate surface area is 181 Å². The molecule has 0 aliphatic heterocycles. The number of hydrogen-bond acceptors (Lipinski definition) is 7. The Kier molecular flexibility index (Phi) is 5.71. The van der Waals surface area contributed by atoms with E-state index in [0.29, 0.717) is 59.3 Å². The topological polar surface area (TPSA) is 98.5 Å². The number of anilines is 1. The first kappa shape index (κ1) is 21.0. The Bertz CT molecular complexity index is 1100. The molecule has 164 valence electrons. The largest absolute Gasteiger partial charge is 0.493 e. The van der Waals surface area contributed by atoms with Gasteiger partial charge in [-0.15, -0.1) is 0 Å². The third-order valence-corrected chi connectivity index (χ3v) is 5.54. The van der Waals surface area contributed by atoms with E-state index in [-0.39, 0.29) is 11.4 Å². The molecular formula is C23H28N4O4. The summed E-state index contributed by atoms with van der Waals surface area (Å²) in [5.41, 5.74) is 1.96. The number of ether oxygens (including phenoxy) is 2. The van der Waals surface area contributed by atoms with Crippen LogP contribution in [0.25, 0.3) is 11.1 Å². The number of aromatic nitrogens is 2. The number of amides is 1. The number of nitrogens with zero attached hydrogens (tertiary/aromatic N) is 2. The number of rotatable bonds is 9. The van der Waals surface area contributed by atoms with E-state index >= 15 is 0 Å². The molecule has 1 amide bonds. The molecule has 1 aromatic carbocycles. The fourth-order valence-electron chi connectivity index (χ4n) is 3.56. The number of aryl methyl sites for hydroxylation is 1. The van der Waals surface area contributed by atoms with Gasteiger partial charge in [-0.1, -0.05) is 6.07 Å². The maximum atomic E-state index is 13.0. The van der Waals surface area contributed by atoms with Crippen molar-refractivity contribution in [2.45, 2.75) is 45.6 Å². The third kappa shape index (κ3) is 4.42. The molecule has 4 rings (SSSR count). The van der Waals surface area contributed by atoms with Crippen LogP contribution < -0.4 is 20.1 Å². The average molecular weight is 425 g/mol. The van der Waals surface area contributed by atoms with E-state index < -0.39 is 0 Å². The van der Waals surface area contributed by atoms with Crippen LogP contribution in [0.1, 0.15) is 48.4 Å². The second-order valence-corrected chi connectivity index (χ2v) is 8.05. The second kappa shape index (κ2) is 8.45. The van der Waals surface area contributed by atoms with E-state index in [2.05, 4.69) is 27.5 Å². The van der Waals surface area contributed by atoms with Gasteiger partial charge in [-0.3, -0.25) is 4.79 Å².